The van der Waals surface area contributed by atoms with E-state index < -0.39 is 9.84 Å². The zero-order valence-electron chi connectivity index (χ0n) is 8.74. The Morgan fingerprint density at radius 3 is 2.73 bits per heavy atom. The molecule has 0 atom stereocenters. The lowest BCUT2D eigenvalue weighted by Crippen LogP contribution is -2.04. The van der Waals surface area contributed by atoms with E-state index in [0.29, 0.717) is 4.90 Å². The molecular formula is C11H13NO2S. The Bertz CT molecular complexity index is 596. The van der Waals surface area contributed by atoms with Crippen LogP contribution in [0.25, 0.3) is 10.9 Å². The SMILES string of the molecule is CCS(=O)(=O)c1cccc2c(C)c[nH]c12. The number of para-hydroxylation sites is 1. The lowest BCUT2D eigenvalue weighted by molar-refractivity contribution is 0.598. The molecular weight excluding hydrogens is 210 g/mol. The summed E-state index contributed by atoms with van der Waals surface area (Å²) in [5, 5.41) is 0.976. The predicted octanol–water partition coefficient (Wildman–Crippen LogP) is 2.27. The van der Waals surface area contributed by atoms with E-state index in [1.54, 1.807) is 19.1 Å². The highest BCUT2D eigenvalue weighted by molar-refractivity contribution is 7.91. The van der Waals surface area contributed by atoms with Crippen molar-refractivity contribution in [1.29, 1.82) is 0 Å². The van der Waals surface area contributed by atoms with Gasteiger partial charge in [0, 0.05) is 11.6 Å². The minimum atomic E-state index is -3.14. The van der Waals surface area contributed by atoms with Crippen LogP contribution in [0.5, 0.6) is 0 Å². The molecule has 2 rings (SSSR count). The number of fused-ring (bicyclic) bond motifs is 1. The minimum Gasteiger partial charge on any atom is -0.360 e. The molecule has 0 spiro atoms. The van der Waals surface area contributed by atoms with Crippen LogP contribution in [0.2, 0.25) is 0 Å². The van der Waals surface area contributed by atoms with Crippen LogP contribution in [0.1, 0.15) is 12.5 Å². The molecule has 0 unspecified atom stereocenters. The quantitative estimate of drug-likeness (QED) is 0.849. The number of sulfone groups is 1. The van der Waals surface area contributed by atoms with Gasteiger partial charge < -0.3 is 4.98 Å². The van der Waals surface area contributed by atoms with Crippen molar-refractivity contribution in [1.82, 2.24) is 4.98 Å². The third kappa shape index (κ3) is 1.55. The summed E-state index contributed by atoms with van der Waals surface area (Å²) in [6.45, 7) is 3.62. The summed E-state index contributed by atoms with van der Waals surface area (Å²) in [5.74, 6) is 0.129. The Kier molecular flexibility index (Phi) is 2.31. The molecule has 0 fully saturated rings. The second-order valence-corrected chi connectivity index (χ2v) is 5.80. The zero-order valence-corrected chi connectivity index (χ0v) is 9.56. The van der Waals surface area contributed by atoms with Crippen molar-refractivity contribution >= 4 is 20.7 Å². The molecule has 1 aromatic heterocycles. The molecule has 80 valence electrons. The number of hydrogen-bond acceptors (Lipinski definition) is 2. The first-order valence-electron chi connectivity index (χ1n) is 4.85. The largest absolute Gasteiger partial charge is 0.360 e. The van der Waals surface area contributed by atoms with Gasteiger partial charge in [-0.25, -0.2) is 8.42 Å². The summed E-state index contributed by atoms with van der Waals surface area (Å²) < 4.78 is 23.6. The average molecular weight is 223 g/mol. The summed E-state index contributed by atoms with van der Waals surface area (Å²) in [4.78, 5) is 3.42. The monoisotopic (exact) mass is 223 g/mol. The van der Waals surface area contributed by atoms with Crippen molar-refractivity contribution in [3.05, 3.63) is 30.0 Å². The van der Waals surface area contributed by atoms with E-state index in [1.165, 1.54) is 0 Å². The minimum absolute atomic E-state index is 0.129. The second kappa shape index (κ2) is 3.38. The molecule has 0 aliphatic rings. The fraction of sp³-hybridized carbons (Fsp3) is 0.273. The Morgan fingerprint density at radius 1 is 1.33 bits per heavy atom. The number of nitrogens with one attached hydrogen (secondary N) is 1. The summed E-state index contributed by atoms with van der Waals surface area (Å²) in [7, 11) is -3.14. The molecule has 0 amide bonds. The highest BCUT2D eigenvalue weighted by Gasteiger charge is 2.16. The van der Waals surface area contributed by atoms with Crippen LogP contribution in [0.4, 0.5) is 0 Å². The third-order valence-corrected chi connectivity index (χ3v) is 4.37. The highest BCUT2D eigenvalue weighted by Crippen LogP contribution is 2.24. The standard InChI is InChI=1S/C11H13NO2S/c1-3-15(13,14)10-6-4-5-9-8(2)7-12-11(9)10/h4-7,12H,3H2,1-2H3. The fourth-order valence-corrected chi connectivity index (χ4v) is 2.76. The van der Waals surface area contributed by atoms with Gasteiger partial charge in [-0.1, -0.05) is 19.1 Å². The topological polar surface area (TPSA) is 49.9 Å². The molecule has 0 radical (unpaired) electrons. The second-order valence-electron chi connectivity index (χ2n) is 3.55. The summed E-state index contributed by atoms with van der Waals surface area (Å²) >= 11 is 0. The molecule has 0 saturated heterocycles. The smallest absolute Gasteiger partial charge is 0.180 e. The summed E-state index contributed by atoms with van der Waals surface area (Å²) in [6.07, 6.45) is 1.83. The molecule has 0 aliphatic carbocycles. The van der Waals surface area contributed by atoms with E-state index in [0.717, 1.165) is 16.5 Å². The van der Waals surface area contributed by atoms with Crippen molar-refractivity contribution in [2.45, 2.75) is 18.7 Å². The first-order chi connectivity index (χ1) is 7.06. The predicted molar refractivity (Wildman–Crippen MR) is 60.8 cm³/mol. The van der Waals surface area contributed by atoms with Crippen LogP contribution in [-0.4, -0.2) is 19.2 Å². The van der Waals surface area contributed by atoms with Crippen molar-refractivity contribution < 1.29 is 8.42 Å². The van der Waals surface area contributed by atoms with Crippen LogP contribution >= 0.6 is 0 Å². The van der Waals surface area contributed by atoms with Gasteiger partial charge >= 0.3 is 0 Å². The number of benzene rings is 1. The first kappa shape index (κ1) is 10.2. The average Bonchev–Trinajstić information content (AvgIpc) is 2.60. The van der Waals surface area contributed by atoms with Crippen molar-refractivity contribution in [3.63, 3.8) is 0 Å². The van der Waals surface area contributed by atoms with Crippen LogP contribution in [-0.2, 0) is 9.84 Å². The molecule has 1 N–H and O–H groups in total. The molecule has 0 aliphatic heterocycles. The van der Waals surface area contributed by atoms with E-state index in [9.17, 15) is 8.42 Å². The van der Waals surface area contributed by atoms with Gasteiger partial charge in [0.15, 0.2) is 9.84 Å². The van der Waals surface area contributed by atoms with E-state index >= 15 is 0 Å². The molecule has 1 heterocycles. The van der Waals surface area contributed by atoms with Gasteiger partial charge in [0.2, 0.25) is 0 Å². The molecule has 2 aromatic rings. The molecule has 0 bridgehead atoms. The summed E-state index contributed by atoms with van der Waals surface area (Å²) in [5.41, 5.74) is 1.79. The summed E-state index contributed by atoms with van der Waals surface area (Å²) in [6, 6.07) is 5.36. The number of H-pyrrole nitrogens is 1. The lowest BCUT2D eigenvalue weighted by atomic mass is 10.2. The van der Waals surface area contributed by atoms with Gasteiger partial charge in [-0.15, -0.1) is 0 Å². The van der Waals surface area contributed by atoms with Gasteiger partial charge in [0.25, 0.3) is 0 Å². The molecule has 4 heteroatoms. The van der Waals surface area contributed by atoms with E-state index in [-0.39, 0.29) is 5.75 Å². The van der Waals surface area contributed by atoms with E-state index in [4.69, 9.17) is 0 Å². The van der Waals surface area contributed by atoms with Crippen molar-refractivity contribution in [3.8, 4) is 0 Å². The van der Waals surface area contributed by atoms with Crippen LogP contribution < -0.4 is 0 Å². The van der Waals surface area contributed by atoms with Gasteiger partial charge in [-0.3, -0.25) is 0 Å². The number of rotatable bonds is 2. The molecule has 0 saturated carbocycles. The lowest BCUT2D eigenvalue weighted by Gasteiger charge is -2.02. The number of hydrogen-bond donors (Lipinski definition) is 1. The molecule has 3 nitrogen and oxygen atoms in total. The Labute approximate surface area is 89.0 Å². The van der Waals surface area contributed by atoms with Crippen LogP contribution in [0, 0.1) is 6.92 Å². The third-order valence-electron chi connectivity index (χ3n) is 2.60. The normalized spacial score (nSPS) is 12.1. The van der Waals surface area contributed by atoms with Crippen molar-refractivity contribution in [2.24, 2.45) is 0 Å². The maximum absolute atomic E-state index is 11.8. The molecule has 15 heavy (non-hydrogen) atoms. The highest BCUT2D eigenvalue weighted by atomic mass is 32.2. The van der Waals surface area contributed by atoms with Crippen LogP contribution in [0.3, 0.4) is 0 Å². The number of aromatic nitrogens is 1. The van der Waals surface area contributed by atoms with Gasteiger partial charge in [-0.2, -0.15) is 0 Å². The Hall–Kier alpha value is -1.29. The van der Waals surface area contributed by atoms with Crippen LogP contribution in [0.15, 0.2) is 29.3 Å². The number of aryl methyl sites for hydroxylation is 1. The Balaban J connectivity index is 2.83. The van der Waals surface area contributed by atoms with E-state index in [1.807, 2.05) is 19.2 Å². The zero-order chi connectivity index (χ0) is 11.1. The maximum Gasteiger partial charge on any atom is 0.180 e. The number of aromatic amines is 1. The van der Waals surface area contributed by atoms with Gasteiger partial charge in [0.1, 0.15) is 0 Å². The fourth-order valence-electron chi connectivity index (χ4n) is 1.68. The Morgan fingerprint density at radius 2 is 2.07 bits per heavy atom. The molecule has 1 aromatic carbocycles. The van der Waals surface area contributed by atoms with Crippen molar-refractivity contribution in [2.75, 3.05) is 5.75 Å². The van der Waals surface area contributed by atoms with Gasteiger partial charge in [0.05, 0.1) is 16.2 Å². The first-order valence-corrected chi connectivity index (χ1v) is 6.51. The maximum atomic E-state index is 11.8. The van der Waals surface area contributed by atoms with Gasteiger partial charge in [-0.05, 0) is 18.6 Å². The van der Waals surface area contributed by atoms with E-state index in [2.05, 4.69) is 4.98 Å².